The standard InChI is InChI=1S/C23H41N5O4/c1-22(2,3)32-21(31)27-11-7-8-18(17-27)25-16-19(29)26-14-9-23(10-15-26,20(24)30)28-12-5-4-6-13-28/h18,25H,4-17H2,1-3H3,(H2,24,30)/t18-/m0/s1. The minimum absolute atomic E-state index is 0.0381. The number of nitrogens with two attached hydrogens (primary N) is 1. The Morgan fingerprint density at radius 2 is 1.62 bits per heavy atom. The van der Waals surface area contributed by atoms with E-state index in [0.717, 1.165) is 38.8 Å². The molecule has 0 aromatic carbocycles. The Labute approximate surface area is 192 Å². The van der Waals surface area contributed by atoms with Gasteiger partial charge in [-0.1, -0.05) is 6.42 Å². The highest BCUT2D eigenvalue weighted by Gasteiger charge is 2.45. The van der Waals surface area contributed by atoms with Gasteiger partial charge in [0.2, 0.25) is 11.8 Å². The van der Waals surface area contributed by atoms with Crippen molar-refractivity contribution in [2.75, 3.05) is 45.8 Å². The number of likely N-dealkylation sites (tertiary alicyclic amines) is 3. The number of nitrogens with one attached hydrogen (secondary N) is 1. The molecule has 3 aliphatic rings. The van der Waals surface area contributed by atoms with E-state index < -0.39 is 11.1 Å². The number of hydrogen-bond donors (Lipinski definition) is 2. The molecule has 3 amide bonds. The fourth-order valence-corrected chi connectivity index (χ4v) is 5.15. The van der Waals surface area contributed by atoms with Gasteiger partial charge in [0.25, 0.3) is 0 Å². The molecule has 0 aromatic rings. The van der Waals surface area contributed by atoms with Crippen LogP contribution in [0.2, 0.25) is 0 Å². The summed E-state index contributed by atoms with van der Waals surface area (Å²) in [6, 6.07) is 0.0723. The Bertz CT molecular complexity index is 678. The summed E-state index contributed by atoms with van der Waals surface area (Å²) in [6.07, 6.45) is 6.11. The first-order valence-electron chi connectivity index (χ1n) is 12.1. The maximum absolute atomic E-state index is 12.8. The Hall–Kier alpha value is -1.87. The van der Waals surface area contributed by atoms with Crippen molar-refractivity contribution in [3.63, 3.8) is 0 Å². The lowest BCUT2D eigenvalue weighted by Crippen LogP contribution is -2.64. The molecule has 3 saturated heterocycles. The number of carbonyl (C=O) groups is 3. The van der Waals surface area contributed by atoms with E-state index in [1.54, 1.807) is 4.90 Å². The average molecular weight is 452 g/mol. The van der Waals surface area contributed by atoms with Gasteiger partial charge in [0, 0.05) is 32.2 Å². The monoisotopic (exact) mass is 451 g/mol. The molecule has 3 N–H and O–H groups in total. The quantitative estimate of drug-likeness (QED) is 0.652. The van der Waals surface area contributed by atoms with Crippen LogP contribution in [0.4, 0.5) is 4.79 Å². The average Bonchev–Trinajstić information content (AvgIpc) is 2.77. The minimum Gasteiger partial charge on any atom is -0.444 e. The number of rotatable bonds is 5. The van der Waals surface area contributed by atoms with Crippen molar-refractivity contribution in [3.8, 4) is 0 Å². The first-order chi connectivity index (χ1) is 15.1. The Kier molecular flexibility index (Phi) is 8.03. The number of ether oxygens (including phenoxy) is 1. The fourth-order valence-electron chi connectivity index (χ4n) is 5.15. The minimum atomic E-state index is -0.609. The summed E-state index contributed by atoms with van der Waals surface area (Å²) in [5.74, 6) is -0.217. The van der Waals surface area contributed by atoms with Crippen molar-refractivity contribution >= 4 is 17.9 Å². The zero-order valence-electron chi connectivity index (χ0n) is 20.0. The van der Waals surface area contributed by atoms with E-state index in [4.69, 9.17) is 10.5 Å². The lowest BCUT2D eigenvalue weighted by molar-refractivity contribution is -0.141. The van der Waals surface area contributed by atoms with Crippen LogP contribution in [0.15, 0.2) is 0 Å². The number of nitrogens with zero attached hydrogens (tertiary/aromatic N) is 3. The molecule has 3 aliphatic heterocycles. The highest BCUT2D eigenvalue weighted by molar-refractivity contribution is 5.85. The van der Waals surface area contributed by atoms with Gasteiger partial charge in [-0.2, -0.15) is 0 Å². The van der Waals surface area contributed by atoms with Crippen LogP contribution in [0, 0.1) is 0 Å². The topological polar surface area (TPSA) is 108 Å². The molecule has 0 radical (unpaired) electrons. The van der Waals surface area contributed by atoms with Gasteiger partial charge >= 0.3 is 6.09 Å². The van der Waals surface area contributed by atoms with Crippen molar-refractivity contribution in [1.29, 1.82) is 0 Å². The van der Waals surface area contributed by atoms with E-state index in [1.165, 1.54) is 6.42 Å². The van der Waals surface area contributed by atoms with Gasteiger partial charge in [-0.25, -0.2) is 4.79 Å². The molecule has 0 aliphatic carbocycles. The second-order valence-electron chi connectivity index (χ2n) is 10.5. The van der Waals surface area contributed by atoms with E-state index in [1.807, 2.05) is 25.7 Å². The Morgan fingerprint density at radius 1 is 0.969 bits per heavy atom. The molecule has 0 spiro atoms. The van der Waals surface area contributed by atoms with Gasteiger partial charge in [0.1, 0.15) is 11.1 Å². The van der Waals surface area contributed by atoms with Crippen molar-refractivity contribution in [2.24, 2.45) is 5.73 Å². The first kappa shape index (κ1) is 24.8. The molecule has 1 atom stereocenters. The Balaban J connectivity index is 1.46. The summed E-state index contributed by atoms with van der Waals surface area (Å²) >= 11 is 0. The van der Waals surface area contributed by atoms with Crippen LogP contribution < -0.4 is 11.1 Å². The van der Waals surface area contributed by atoms with Crippen molar-refractivity contribution < 1.29 is 19.1 Å². The summed E-state index contributed by atoms with van der Waals surface area (Å²) in [5, 5.41) is 3.33. The molecule has 9 heteroatoms. The maximum atomic E-state index is 12.8. The van der Waals surface area contributed by atoms with Gasteiger partial charge in [0.05, 0.1) is 6.54 Å². The summed E-state index contributed by atoms with van der Waals surface area (Å²) < 4.78 is 5.48. The molecule has 0 unspecified atom stereocenters. The molecule has 0 bridgehead atoms. The van der Waals surface area contributed by atoms with Crippen LogP contribution in [-0.4, -0.2) is 95.6 Å². The molecule has 3 fully saturated rings. The van der Waals surface area contributed by atoms with Crippen LogP contribution in [0.1, 0.15) is 65.7 Å². The lowest BCUT2D eigenvalue weighted by atomic mass is 9.83. The predicted octanol–water partition coefficient (Wildman–Crippen LogP) is 1.31. The zero-order valence-corrected chi connectivity index (χ0v) is 20.0. The van der Waals surface area contributed by atoms with Gasteiger partial charge in [-0.3, -0.25) is 14.5 Å². The molecule has 3 rings (SSSR count). The normalized spacial score (nSPS) is 24.8. The fraction of sp³-hybridized carbons (Fsp3) is 0.870. The van der Waals surface area contributed by atoms with E-state index in [-0.39, 0.29) is 30.5 Å². The number of amides is 3. The maximum Gasteiger partial charge on any atom is 0.410 e. The molecule has 0 saturated carbocycles. The van der Waals surface area contributed by atoms with Gasteiger partial charge in [0.15, 0.2) is 0 Å². The highest BCUT2D eigenvalue weighted by atomic mass is 16.6. The highest BCUT2D eigenvalue weighted by Crippen LogP contribution is 2.31. The van der Waals surface area contributed by atoms with E-state index in [9.17, 15) is 14.4 Å². The number of carbonyl (C=O) groups excluding carboxylic acids is 3. The molecular weight excluding hydrogens is 410 g/mol. The van der Waals surface area contributed by atoms with E-state index in [0.29, 0.717) is 39.0 Å². The van der Waals surface area contributed by atoms with Crippen LogP contribution in [0.5, 0.6) is 0 Å². The molecule has 32 heavy (non-hydrogen) atoms. The number of piperidine rings is 3. The van der Waals surface area contributed by atoms with E-state index in [2.05, 4.69) is 10.2 Å². The molecule has 3 heterocycles. The number of primary amides is 1. The second kappa shape index (κ2) is 10.4. The van der Waals surface area contributed by atoms with Crippen LogP contribution >= 0.6 is 0 Å². The largest absolute Gasteiger partial charge is 0.444 e. The second-order valence-corrected chi connectivity index (χ2v) is 10.5. The Morgan fingerprint density at radius 3 is 2.22 bits per heavy atom. The van der Waals surface area contributed by atoms with Crippen LogP contribution in [0.25, 0.3) is 0 Å². The number of hydrogen-bond acceptors (Lipinski definition) is 6. The molecular formula is C23H41N5O4. The SMILES string of the molecule is CC(C)(C)OC(=O)N1CCC[C@H](NCC(=O)N2CCC(C(N)=O)(N3CCCCC3)CC2)C1. The molecule has 182 valence electrons. The van der Waals surface area contributed by atoms with Gasteiger partial charge in [-0.15, -0.1) is 0 Å². The summed E-state index contributed by atoms with van der Waals surface area (Å²) in [7, 11) is 0. The summed E-state index contributed by atoms with van der Waals surface area (Å²) in [5.41, 5.74) is 4.72. The van der Waals surface area contributed by atoms with Crippen molar-refractivity contribution in [2.45, 2.75) is 82.9 Å². The third-order valence-corrected chi connectivity index (χ3v) is 6.98. The summed E-state index contributed by atoms with van der Waals surface area (Å²) in [4.78, 5) is 43.4. The van der Waals surface area contributed by atoms with Crippen LogP contribution in [0.3, 0.4) is 0 Å². The zero-order chi connectivity index (χ0) is 23.4. The third kappa shape index (κ3) is 6.13. The van der Waals surface area contributed by atoms with Crippen molar-refractivity contribution in [1.82, 2.24) is 20.0 Å². The lowest BCUT2D eigenvalue weighted by Gasteiger charge is -2.48. The molecule has 9 nitrogen and oxygen atoms in total. The third-order valence-electron chi connectivity index (χ3n) is 6.98. The smallest absolute Gasteiger partial charge is 0.410 e. The predicted molar refractivity (Wildman–Crippen MR) is 122 cm³/mol. The summed E-state index contributed by atoms with van der Waals surface area (Å²) in [6.45, 7) is 9.97. The van der Waals surface area contributed by atoms with Gasteiger partial charge < -0.3 is 25.6 Å². The van der Waals surface area contributed by atoms with E-state index >= 15 is 0 Å². The van der Waals surface area contributed by atoms with Gasteiger partial charge in [-0.05, 0) is 72.4 Å². The molecule has 0 aromatic heterocycles. The first-order valence-corrected chi connectivity index (χ1v) is 12.1. The van der Waals surface area contributed by atoms with Crippen LogP contribution in [-0.2, 0) is 14.3 Å². The van der Waals surface area contributed by atoms with Crippen molar-refractivity contribution in [3.05, 3.63) is 0 Å².